The standard InChI is InChI=1S/C12H12FNOS/c13-10-1-2-12(11(14)7-10)15-5-3-9-4-6-16-8-9/h1-2,4,6-8H,3,5,14H2. The summed E-state index contributed by atoms with van der Waals surface area (Å²) in [7, 11) is 0. The van der Waals surface area contributed by atoms with Crippen LogP contribution in [0.1, 0.15) is 5.56 Å². The van der Waals surface area contributed by atoms with E-state index in [0.717, 1.165) is 6.42 Å². The third kappa shape index (κ3) is 2.73. The molecular formula is C12H12FNOS. The van der Waals surface area contributed by atoms with Crippen LogP contribution in [-0.2, 0) is 6.42 Å². The summed E-state index contributed by atoms with van der Waals surface area (Å²) in [5, 5.41) is 4.11. The van der Waals surface area contributed by atoms with Gasteiger partial charge in [-0.3, -0.25) is 0 Å². The van der Waals surface area contributed by atoms with Crippen LogP contribution in [0.5, 0.6) is 5.75 Å². The Bertz CT molecular complexity index is 456. The quantitative estimate of drug-likeness (QED) is 0.829. The molecule has 0 amide bonds. The summed E-state index contributed by atoms with van der Waals surface area (Å²) < 4.78 is 18.2. The van der Waals surface area contributed by atoms with Gasteiger partial charge in [0.15, 0.2) is 0 Å². The zero-order valence-electron chi connectivity index (χ0n) is 8.65. The fraction of sp³-hybridized carbons (Fsp3) is 0.167. The van der Waals surface area contributed by atoms with Crippen molar-refractivity contribution in [3.05, 3.63) is 46.4 Å². The zero-order chi connectivity index (χ0) is 11.4. The van der Waals surface area contributed by atoms with E-state index in [1.54, 1.807) is 17.4 Å². The van der Waals surface area contributed by atoms with Crippen molar-refractivity contribution in [1.29, 1.82) is 0 Å². The van der Waals surface area contributed by atoms with Crippen LogP contribution in [0.2, 0.25) is 0 Å². The van der Waals surface area contributed by atoms with Gasteiger partial charge in [-0.2, -0.15) is 11.3 Å². The second-order valence-corrected chi connectivity index (χ2v) is 4.19. The van der Waals surface area contributed by atoms with E-state index in [2.05, 4.69) is 11.4 Å². The summed E-state index contributed by atoms with van der Waals surface area (Å²) in [6.45, 7) is 0.548. The minimum Gasteiger partial charge on any atom is -0.491 e. The molecule has 0 radical (unpaired) electrons. The molecule has 4 heteroatoms. The number of hydrogen-bond acceptors (Lipinski definition) is 3. The lowest BCUT2D eigenvalue weighted by atomic mass is 10.2. The maximum absolute atomic E-state index is 12.8. The molecule has 0 fully saturated rings. The molecule has 1 heterocycles. The van der Waals surface area contributed by atoms with Crippen molar-refractivity contribution < 1.29 is 9.13 Å². The van der Waals surface area contributed by atoms with Gasteiger partial charge in [-0.05, 0) is 34.5 Å². The first-order valence-electron chi connectivity index (χ1n) is 4.94. The van der Waals surface area contributed by atoms with E-state index in [9.17, 15) is 4.39 Å². The van der Waals surface area contributed by atoms with Crippen LogP contribution in [0.15, 0.2) is 35.0 Å². The van der Waals surface area contributed by atoms with Crippen LogP contribution in [0, 0.1) is 5.82 Å². The third-order valence-electron chi connectivity index (χ3n) is 2.20. The highest BCUT2D eigenvalue weighted by Gasteiger charge is 2.02. The Morgan fingerprint density at radius 2 is 2.19 bits per heavy atom. The van der Waals surface area contributed by atoms with Gasteiger partial charge in [0.2, 0.25) is 0 Å². The van der Waals surface area contributed by atoms with E-state index in [4.69, 9.17) is 10.5 Å². The average molecular weight is 237 g/mol. The normalized spacial score (nSPS) is 10.3. The van der Waals surface area contributed by atoms with Crippen LogP contribution < -0.4 is 10.5 Å². The Morgan fingerprint density at radius 1 is 1.31 bits per heavy atom. The van der Waals surface area contributed by atoms with Gasteiger partial charge in [0.25, 0.3) is 0 Å². The topological polar surface area (TPSA) is 35.2 Å². The Morgan fingerprint density at radius 3 is 2.88 bits per heavy atom. The van der Waals surface area contributed by atoms with E-state index < -0.39 is 0 Å². The molecular weight excluding hydrogens is 225 g/mol. The highest BCUT2D eigenvalue weighted by molar-refractivity contribution is 7.07. The number of benzene rings is 1. The Kier molecular flexibility index (Phi) is 3.41. The molecule has 0 aliphatic carbocycles. The maximum atomic E-state index is 12.8. The highest BCUT2D eigenvalue weighted by atomic mass is 32.1. The fourth-order valence-electron chi connectivity index (χ4n) is 1.36. The van der Waals surface area contributed by atoms with Crippen LogP contribution in [0.3, 0.4) is 0 Å². The predicted molar refractivity (Wildman–Crippen MR) is 64.3 cm³/mol. The second-order valence-electron chi connectivity index (χ2n) is 3.41. The number of rotatable bonds is 4. The van der Waals surface area contributed by atoms with Gasteiger partial charge in [-0.25, -0.2) is 4.39 Å². The van der Waals surface area contributed by atoms with Crippen LogP contribution in [0.4, 0.5) is 10.1 Å². The molecule has 2 nitrogen and oxygen atoms in total. The Hall–Kier alpha value is -1.55. The van der Waals surface area contributed by atoms with Gasteiger partial charge >= 0.3 is 0 Å². The monoisotopic (exact) mass is 237 g/mol. The van der Waals surface area contributed by atoms with Crippen molar-refractivity contribution in [3.8, 4) is 5.75 Å². The van der Waals surface area contributed by atoms with Crippen molar-refractivity contribution in [2.75, 3.05) is 12.3 Å². The molecule has 0 aliphatic rings. The molecule has 1 aromatic carbocycles. The molecule has 16 heavy (non-hydrogen) atoms. The first-order chi connectivity index (χ1) is 7.75. The molecule has 0 saturated carbocycles. The van der Waals surface area contributed by atoms with E-state index in [0.29, 0.717) is 18.0 Å². The molecule has 0 spiro atoms. The molecule has 2 N–H and O–H groups in total. The van der Waals surface area contributed by atoms with Crippen molar-refractivity contribution in [1.82, 2.24) is 0 Å². The molecule has 1 aromatic heterocycles. The van der Waals surface area contributed by atoms with Crippen LogP contribution in [-0.4, -0.2) is 6.61 Å². The van der Waals surface area contributed by atoms with E-state index in [1.165, 1.54) is 17.7 Å². The summed E-state index contributed by atoms with van der Waals surface area (Å²) in [4.78, 5) is 0. The molecule has 0 aliphatic heterocycles. The van der Waals surface area contributed by atoms with Crippen LogP contribution >= 0.6 is 11.3 Å². The molecule has 2 aromatic rings. The minimum absolute atomic E-state index is 0.338. The van der Waals surface area contributed by atoms with E-state index >= 15 is 0 Å². The van der Waals surface area contributed by atoms with Gasteiger partial charge in [0.05, 0.1) is 12.3 Å². The molecule has 84 valence electrons. The van der Waals surface area contributed by atoms with Crippen molar-refractivity contribution in [2.24, 2.45) is 0 Å². The fourth-order valence-corrected chi connectivity index (χ4v) is 2.07. The van der Waals surface area contributed by atoms with Gasteiger partial charge in [0, 0.05) is 12.5 Å². The Balaban J connectivity index is 1.90. The molecule has 0 saturated heterocycles. The van der Waals surface area contributed by atoms with Gasteiger partial charge in [0.1, 0.15) is 11.6 Å². The van der Waals surface area contributed by atoms with Gasteiger partial charge in [-0.1, -0.05) is 0 Å². The third-order valence-corrected chi connectivity index (χ3v) is 2.93. The number of anilines is 1. The lowest BCUT2D eigenvalue weighted by molar-refractivity contribution is 0.323. The number of thiophene rings is 1. The van der Waals surface area contributed by atoms with Crippen LogP contribution in [0.25, 0.3) is 0 Å². The lowest BCUT2D eigenvalue weighted by Gasteiger charge is -2.07. The predicted octanol–water partition coefficient (Wildman–Crippen LogP) is 3.09. The first-order valence-corrected chi connectivity index (χ1v) is 5.89. The summed E-state index contributed by atoms with van der Waals surface area (Å²) in [5.41, 5.74) is 7.20. The minimum atomic E-state index is -0.345. The summed E-state index contributed by atoms with van der Waals surface area (Å²) in [6.07, 6.45) is 0.834. The van der Waals surface area contributed by atoms with Gasteiger partial charge in [-0.15, -0.1) is 0 Å². The number of nitrogen functional groups attached to an aromatic ring is 1. The van der Waals surface area contributed by atoms with E-state index in [1.807, 2.05) is 5.38 Å². The number of nitrogens with two attached hydrogens (primary N) is 1. The SMILES string of the molecule is Nc1cc(F)ccc1OCCc1ccsc1. The largest absolute Gasteiger partial charge is 0.491 e. The van der Waals surface area contributed by atoms with Crippen molar-refractivity contribution in [3.63, 3.8) is 0 Å². The Labute approximate surface area is 97.5 Å². The number of hydrogen-bond donors (Lipinski definition) is 1. The zero-order valence-corrected chi connectivity index (χ0v) is 9.47. The first kappa shape index (κ1) is 11.0. The summed E-state index contributed by atoms with van der Waals surface area (Å²) in [5.74, 6) is 0.194. The summed E-state index contributed by atoms with van der Waals surface area (Å²) in [6, 6.07) is 6.22. The second kappa shape index (κ2) is 4.99. The highest BCUT2D eigenvalue weighted by Crippen LogP contribution is 2.22. The molecule has 0 atom stereocenters. The molecule has 0 bridgehead atoms. The number of ether oxygens (including phenoxy) is 1. The molecule has 2 rings (SSSR count). The molecule has 0 unspecified atom stereocenters. The number of halogens is 1. The van der Waals surface area contributed by atoms with Gasteiger partial charge < -0.3 is 10.5 Å². The van der Waals surface area contributed by atoms with Crippen molar-refractivity contribution in [2.45, 2.75) is 6.42 Å². The lowest BCUT2D eigenvalue weighted by Crippen LogP contribution is -2.03. The maximum Gasteiger partial charge on any atom is 0.142 e. The summed E-state index contributed by atoms with van der Waals surface area (Å²) >= 11 is 1.66. The van der Waals surface area contributed by atoms with Crippen molar-refractivity contribution >= 4 is 17.0 Å². The van der Waals surface area contributed by atoms with E-state index in [-0.39, 0.29) is 5.82 Å². The average Bonchev–Trinajstić information content (AvgIpc) is 2.74. The smallest absolute Gasteiger partial charge is 0.142 e.